The number of ketones is 5. The molecule has 7 nitrogen and oxygen atoms in total. The normalized spacial score (nSPS) is 8.57. The van der Waals surface area contributed by atoms with E-state index in [-0.39, 0.29) is 0 Å². The van der Waals surface area contributed by atoms with Gasteiger partial charge in [0.05, 0.1) is 0 Å². The molecule has 72 valence electrons. The third kappa shape index (κ3) is 2.34. The minimum Gasteiger partial charge on any atom is -0.294 e. The fourth-order valence-corrected chi connectivity index (χ4v) is 0.434. The van der Waals surface area contributed by atoms with E-state index in [1.807, 2.05) is 0 Å². The molecule has 0 fully saturated rings. The van der Waals surface area contributed by atoms with Crippen molar-refractivity contribution in [2.75, 3.05) is 0 Å². The highest BCUT2D eigenvalue weighted by Gasteiger charge is 2.32. The monoisotopic (exact) mass is 198 g/mol. The molecule has 0 aromatic heterocycles. The summed E-state index contributed by atoms with van der Waals surface area (Å²) >= 11 is 0. The lowest BCUT2D eigenvalue weighted by molar-refractivity contribution is -0.152. The van der Waals surface area contributed by atoms with Crippen molar-refractivity contribution in [3.05, 3.63) is 0 Å². The summed E-state index contributed by atoms with van der Waals surface area (Å²) in [6, 6.07) is 0. The Bertz CT molecular complexity index is 328. The molecule has 0 radical (unpaired) electrons. The second-order valence-corrected chi connectivity index (χ2v) is 1.95. The zero-order valence-corrected chi connectivity index (χ0v) is 6.51. The SMILES string of the molecule is O=CC(=O)C(=O)C(=O)C(=O)C(=O)C=O. The Labute approximate surface area is 76.1 Å². The van der Waals surface area contributed by atoms with Gasteiger partial charge in [-0.25, -0.2) is 0 Å². The molecule has 0 aromatic rings. The molecule has 7 heteroatoms. The largest absolute Gasteiger partial charge is 0.294 e. The minimum atomic E-state index is -1.99. The fourth-order valence-electron chi connectivity index (χ4n) is 0.434. The lowest BCUT2D eigenvalue weighted by atomic mass is 10.1. The number of Topliss-reactive ketones (excluding diaryl/α,β-unsaturated/α-hetero) is 5. The highest BCUT2D eigenvalue weighted by Crippen LogP contribution is 1.83. The van der Waals surface area contributed by atoms with E-state index in [4.69, 9.17) is 0 Å². The predicted molar refractivity (Wildman–Crippen MR) is 37.2 cm³/mol. The highest BCUT2D eigenvalue weighted by atomic mass is 16.2. The molecular weight excluding hydrogens is 196 g/mol. The third-order valence-electron chi connectivity index (χ3n) is 1.07. The molecular formula is C7H2O7. The molecule has 0 unspecified atom stereocenters. The molecule has 0 N–H and O–H groups in total. The molecule has 0 aliphatic heterocycles. The molecule has 0 aliphatic carbocycles. The van der Waals surface area contributed by atoms with Gasteiger partial charge in [-0.05, 0) is 0 Å². The van der Waals surface area contributed by atoms with Crippen LogP contribution in [0.3, 0.4) is 0 Å². The van der Waals surface area contributed by atoms with Gasteiger partial charge < -0.3 is 0 Å². The quantitative estimate of drug-likeness (QED) is 0.257. The molecule has 0 saturated heterocycles. The topological polar surface area (TPSA) is 119 Å². The smallest absolute Gasteiger partial charge is 0.281 e. The van der Waals surface area contributed by atoms with Gasteiger partial charge in [0.1, 0.15) is 0 Å². The van der Waals surface area contributed by atoms with Gasteiger partial charge in [-0.1, -0.05) is 0 Å². The van der Waals surface area contributed by atoms with Crippen LogP contribution in [0.15, 0.2) is 0 Å². The Balaban J connectivity index is 4.81. The summed E-state index contributed by atoms with van der Waals surface area (Å²) < 4.78 is 0. The van der Waals surface area contributed by atoms with Gasteiger partial charge in [-0.2, -0.15) is 0 Å². The summed E-state index contributed by atoms with van der Waals surface area (Å²) in [5.41, 5.74) is 0. The van der Waals surface area contributed by atoms with E-state index in [2.05, 4.69) is 0 Å². The van der Waals surface area contributed by atoms with Crippen molar-refractivity contribution in [3.8, 4) is 0 Å². The Hall–Kier alpha value is -2.31. The van der Waals surface area contributed by atoms with E-state index in [0.29, 0.717) is 0 Å². The number of rotatable bonds is 6. The van der Waals surface area contributed by atoms with Gasteiger partial charge >= 0.3 is 0 Å². The summed E-state index contributed by atoms with van der Waals surface area (Å²) in [5, 5.41) is 0. The van der Waals surface area contributed by atoms with Crippen LogP contribution in [0.5, 0.6) is 0 Å². The number of carbonyl (C=O) groups is 7. The van der Waals surface area contributed by atoms with Crippen molar-refractivity contribution in [1.29, 1.82) is 0 Å². The first-order valence-electron chi connectivity index (χ1n) is 3.07. The molecule has 0 rings (SSSR count). The van der Waals surface area contributed by atoms with Crippen LogP contribution in [0.1, 0.15) is 0 Å². The Morgan fingerprint density at radius 3 is 1.07 bits per heavy atom. The maximum Gasteiger partial charge on any atom is 0.281 e. The zero-order valence-electron chi connectivity index (χ0n) is 6.51. The average molecular weight is 198 g/mol. The van der Waals surface area contributed by atoms with E-state index < -0.39 is 41.5 Å². The summed E-state index contributed by atoms with van der Waals surface area (Å²) in [4.78, 5) is 71.6. The van der Waals surface area contributed by atoms with E-state index in [0.717, 1.165) is 0 Å². The highest BCUT2D eigenvalue weighted by molar-refractivity contribution is 6.93. The summed E-state index contributed by atoms with van der Waals surface area (Å²) in [6.07, 6.45) is -0.947. The van der Waals surface area contributed by atoms with E-state index >= 15 is 0 Å². The summed E-state index contributed by atoms with van der Waals surface area (Å²) in [5.74, 6) is -9.34. The third-order valence-corrected chi connectivity index (χ3v) is 1.07. The van der Waals surface area contributed by atoms with Crippen LogP contribution in [0.4, 0.5) is 0 Å². The van der Waals surface area contributed by atoms with Gasteiger partial charge in [0.2, 0.25) is 0 Å². The predicted octanol–water partition coefficient (Wildman–Crippen LogP) is -2.77. The van der Waals surface area contributed by atoms with E-state index in [1.54, 1.807) is 0 Å². The number of hydrogen-bond donors (Lipinski definition) is 0. The van der Waals surface area contributed by atoms with Gasteiger partial charge in [-0.15, -0.1) is 0 Å². The maximum atomic E-state index is 10.6. The van der Waals surface area contributed by atoms with Gasteiger partial charge in [-0.3, -0.25) is 33.6 Å². The van der Waals surface area contributed by atoms with Crippen LogP contribution in [0.2, 0.25) is 0 Å². The first kappa shape index (κ1) is 11.7. The van der Waals surface area contributed by atoms with Crippen LogP contribution < -0.4 is 0 Å². The van der Waals surface area contributed by atoms with Gasteiger partial charge in [0, 0.05) is 0 Å². The van der Waals surface area contributed by atoms with Crippen LogP contribution in [0, 0.1) is 0 Å². The molecule has 0 spiro atoms. The van der Waals surface area contributed by atoms with Gasteiger partial charge in [0.25, 0.3) is 28.9 Å². The van der Waals surface area contributed by atoms with Crippen LogP contribution in [-0.2, 0) is 33.6 Å². The van der Waals surface area contributed by atoms with Crippen LogP contribution in [0.25, 0.3) is 0 Å². The summed E-state index contributed by atoms with van der Waals surface area (Å²) in [7, 11) is 0. The standard InChI is InChI=1S/C7H2O7/c8-1-3(10)5(12)7(14)6(13)4(11)2-9/h1-2H. The number of aldehydes is 2. The van der Waals surface area contributed by atoms with Gasteiger partial charge in [0.15, 0.2) is 12.6 Å². The first-order valence-corrected chi connectivity index (χ1v) is 3.07. The first-order chi connectivity index (χ1) is 6.45. The van der Waals surface area contributed by atoms with Crippen LogP contribution >= 0.6 is 0 Å². The van der Waals surface area contributed by atoms with Crippen molar-refractivity contribution in [2.24, 2.45) is 0 Å². The fraction of sp³-hybridized carbons (Fsp3) is 0. The number of hydrogen-bond acceptors (Lipinski definition) is 7. The molecule has 14 heavy (non-hydrogen) atoms. The number of carbonyl (C=O) groups excluding carboxylic acids is 7. The minimum absolute atomic E-state index is 0.473. The molecule has 0 aromatic carbocycles. The molecule has 0 bridgehead atoms. The van der Waals surface area contributed by atoms with Crippen molar-refractivity contribution in [2.45, 2.75) is 0 Å². The van der Waals surface area contributed by atoms with Crippen molar-refractivity contribution in [1.82, 2.24) is 0 Å². The molecule has 0 heterocycles. The average Bonchev–Trinajstić information content (AvgIpc) is 2.23. The Kier molecular flexibility index (Phi) is 3.88. The van der Waals surface area contributed by atoms with Crippen molar-refractivity contribution < 1.29 is 33.6 Å². The lowest BCUT2D eigenvalue weighted by Gasteiger charge is -1.89. The molecule has 0 aliphatic rings. The van der Waals surface area contributed by atoms with E-state index in [1.165, 1.54) is 0 Å². The molecule has 0 atom stereocenters. The summed E-state index contributed by atoms with van der Waals surface area (Å²) in [6.45, 7) is 0. The second-order valence-electron chi connectivity index (χ2n) is 1.95. The van der Waals surface area contributed by atoms with E-state index in [9.17, 15) is 33.6 Å². The van der Waals surface area contributed by atoms with Crippen molar-refractivity contribution in [3.63, 3.8) is 0 Å². The van der Waals surface area contributed by atoms with Crippen LogP contribution in [-0.4, -0.2) is 41.5 Å². The molecule has 0 saturated carbocycles. The molecule has 0 amide bonds. The Morgan fingerprint density at radius 2 is 0.857 bits per heavy atom. The second kappa shape index (κ2) is 4.65. The Morgan fingerprint density at radius 1 is 0.571 bits per heavy atom. The maximum absolute atomic E-state index is 10.6. The zero-order chi connectivity index (χ0) is 11.3. The van der Waals surface area contributed by atoms with Crippen molar-refractivity contribution >= 4 is 41.5 Å². The lowest BCUT2D eigenvalue weighted by Crippen LogP contribution is -2.35.